The van der Waals surface area contributed by atoms with Gasteiger partial charge >= 0.3 is 0 Å². The van der Waals surface area contributed by atoms with Crippen LogP contribution in [-0.4, -0.2) is 46.2 Å². The lowest BCUT2D eigenvalue weighted by atomic mass is 10.2. The summed E-state index contributed by atoms with van der Waals surface area (Å²) in [4.78, 5) is 15.2. The zero-order valence-corrected chi connectivity index (χ0v) is 15.2. The molecule has 5 heteroatoms. The zero-order chi connectivity index (χ0) is 17.6. The molecule has 1 aliphatic rings. The molecule has 2 aromatic heterocycles. The van der Waals surface area contributed by atoms with Crippen LogP contribution in [0.1, 0.15) is 30.3 Å². The maximum atomic E-state index is 13.2. The molecule has 1 atom stereocenters. The predicted molar refractivity (Wildman–Crippen MR) is 100 cm³/mol. The summed E-state index contributed by atoms with van der Waals surface area (Å²) in [6.45, 7) is 4.26. The van der Waals surface area contributed by atoms with Gasteiger partial charge < -0.3 is 18.8 Å². The van der Waals surface area contributed by atoms with E-state index in [0.29, 0.717) is 19.2 Å². The number of carbonyl (C=O) groups is 1. The van der Waals surface area contributed by atoms with Gasteiger partial charge in [0.25, 0.3) is 5.91 Å². The summed E-state index contributed by atoms with van der Waals surface area (Å²) in [6, 6.07) is 10.7. The number of nitrogens with zero attached hydrogens (tertiary/aromatic N) is 3. The number of ether oxygens (including phenoxy) is 1. The number of hydrogen-bond acceptors (Lipinski definition) is 2. The standard InChI is InChI=1S/C20H25N3O2/c1-14-7-6-10-22(14)20(24)18-13-17-19(23(18)11-12-25-3)15-8-4-5-9-16(15)21(17)2/h4-5,8-9,13-14H,6-7,10-12H2,1-3H3/t14-/m1/s1. The highest BCUT2D eigenvalue weighted by molar-refractivity contribution is 6.10. The second kappa shape index (κ2) is 6.23. The van der Waals surface area contributed by atoms with Crippen molar-refractivity contribution in [1.29, 1.82) is 0 Å². The fourth-order valence-electron chi connectivity index (χ4n) is 4.14. The summed E-state index contributed by atoms with van der Waals surface area (Å²) >= 11 is 0. The molecule has 0 spiro atoms. The topological polar surface area (TPSA) is 39.4 Å². The molecule has 25 heavy (non-hydrogen) atoms. The normalized spacial score (nSPS) is 17.9. The summed E-state index contributed by atoms with van der Waals surface area (Å²) in [5.41, 5.74) is 4.20. The minimum atomic E-state index is 0.140. The van der Waals surface area contributed by atoms with Crippen molar-refractivity contribution in [2.24, 2.45) is 7.05 Å². The summed E-state index contributed by atoms with van der Waals surface area (Å²) in [5, 5.41) is 1.18. The van der Waals surface area contributed by atoms with Gasteiger partial charge in [-0.3, -0.25) is 4.79 Å². The Kier molecular flexibility index (Phi) is 4.04. The zero-order valence-electron chi connectivity index (χ0n) is 15.2. The second-order valence-electron chi connectivity index (χ2n) is 6.97. The summed E-state index contributed by atoms with van der Waals surface area (Å²) in [5.74, 6) is 0.140. The maximum Gasteiger partial charge on any atom is 0.270 e. The number of fused-ring (bicyclic) bond motifs is 3. The molecule has 4 rings (SSSR count). The molecule has 0 unspecified atom stereocenters. The van der Waals surface area contributed by atoms with Gasteiger partial charge in [-0.25, -0.2) is 0 Å². The van der Waals surface area contributed by atoms with E-state index in [0.717, 1.165) is 36.1 Å². The molecule has 1 amide bonds. The molecule has 3 aromatic rings. The van der Waals surface area contributed by atoms with Crippen molar-refractivity contribution < 1.29 is 9.53 Å². The number of para-hydroxylation sites is 1. The SMILES string of the molecule is COCCn1c(C(=O)N2CCC[C@H]2C)cc2c1c1ccccc1n2C. The lowest BCUT2D eigenvalue weighted by Crippen LogP contribution is -2.35. The molecule has 0 radical (unpaired) electrons. The van der Waals surface area contributed by atoms with Crippen LogP contribution in [0.5, 0.6) is 0 Å². The van der Waals surface area contributed by atoms with E-state index in [1.165, 1.54) is 10.9 Å². The molecule has 0 aliphatic carbocycles. The molecule has 0 bridgehead atoms. The predicted octanol–water partition coefficient (Wildman–Crippen LogP) is 3.40. The number of aryl methyl sites for hydroxylation is 1. The van der Waals surface area contributed by atoms with Crippen LogP contribution in [0.3, 0.4) is 0 Å². The fraction of sp³-hybridized carbons (Fsp3) is 0.450. The quantitative estimate of drug-likeness (QED) is 0.731. The highest BCUT2D eigenvalue weighted by atomic mass is 16.5. The van der Waals surface area contributed by atoms with E-state index in [1.807, 2.05) is 4.90 Å². The first-order chi connectivity index (χ1) is 12.1. The minimum Gasteiger partial charge on any atom is -0.383 e. The highest BCUT2D eigenvalue weighted by Gasteiger charge is 2.29. The monoisotopic (exact) mass is 339 g/mol. The number of likely N-dealkylation sites (tertiary alicyclic amines) is 1. The molecule has 5 nitrogen and oxygen atoms in total. The van der Waals surface area contributed by atoms with Gasteiger partial charge in [0.2, 0.25) is 0 Å². The van der Waals surface area contributed by atoms with Gasteiger partial charge in [0.05, 0.1) is 23.2 Å². The van der Waals surface area contributed by atoms with Crippen molar-refractivity contribution in [3.8, 4) is 0 Å². The largest absolute Gasteiger partial charge is 0.383 e. The second-order valence-corrected chi connectivity index (χ2v) is 6.97. The lowest BCUT2D eigenvalue weighted by Gasteiger charge is -2.22. The van der Waals surface area contributed by atoms with E-state index < -0.39 is 0 Å². The van der Waals surface area contributed by atoms with Gasteiger partial charge in [-0.05, 0) is 31.9 Å². The Morgan fingerprint density at radius 1 is 1.28 bits per heavy atom. The van der Waals surface area contributed by atoms with E-state index in [9.17, 15) is 4.79 Å². The van der Waals surface area contributed by atoms with Crippen LogP contribution in [0.15, 0.2) is 30.3 Å². The fourth-order valence-corrected chi connectivity index (χ4v) is 4.14. The summed E-state index contributed by atoms with van der Waals surface area (Å²) in [6.07, 6.45) is 2.18. The number of rotatable bonds is 4. The molecule has 1 aromatic carbocycles. The molecule has 3 heterocycles. The van der Waals surface area contributed by atoms with Crippen LogP contribution in [0.4, 0.5) is 0 Å². The first kappa shape index (κ1) is 16.2. The Labute approximate surface area is 147 Å². The van der Waals surface area contributed by atoms with Crippen molar-refractivity contribution in [2.75, 3.05) is 20.3 Å². The van der Waals surface area contributed by atoms with Crippen molar-refractivity contribution in [2.45, 2.75) is 32.4 Å². The molecule has 0 saturated carbocycles. The van der Waals surface area contributed by atoms with Crippen molar-refractivity contribution >= 4 is 27.8 Å². The smallest absolute Gasteiger partial charge is 0.270 e. The molecular weight excluding hydrogens is 314 g/mol. The van der Waals surface area contributed by atoms with Crippen LogP contribution in [-0.2, 0) is 18.3 Å². The van der Waals surface area contributed by atoms with Crippen LogP contribution in [0, 0.1) is 0 Å². The first-order valence-corrected chi connectivity index (χ1v) is 9.00. The number of hydrogen-bond donors (Lipinski definition) is 0. The van der Waals surface area contributed by atoms with Crippen LogP contribution < -0.4 is 0 Å². The molecule has 132 valence electrons. The van der Waals surface area contributed by atoms with E-state index in [-0.39, 0.29) is 5.91 Å². The number of carbonyl (C=O) groups excluding carboxylic acids is 1. The molecule has 1 fully saturated rings. The van der Waals surface area contributed by atoms with E-state index >= 15 is 0 Å². The van der Waals surface area contributed by atoms with Crippen LogP contribution >= 0.6 is 0 Å². The summed E-state index contributed by atoms with van der Waals surface area (Å²) < 4.78 is 9.64. The Balaban J connectivity index is 1.91. The molecule has 1 aliphatic heterocycles. The van der Waals surface area contributed by atoms with Crippen molar-refractivity contribution in [3.05, 3.63) is 36.0 Å². The third-order valence-electron chi connectivity index (χ3n) is 5.51. The third-order valence-corrected chi connectivity index (χ3v) is 5.51. The van der Waals surface area contributed by atoms with Crippen LogP contribution in [0.25, 0.3) is 21.9 Å². The van der Waals surface area contributed by atoms with E-state index in [4.69, 9.17) is 4.74 Å². The Morgan fingerprint density at radius 2 is 2.08 bits per heavy atom. The summed E-state index contributed by atoms with van der Waals surface area (Å²) in [7, 11) is 3.77. The van der Waals surface area contributed by atoms with Gasteiger partial charge in [-0.1, -0.05) is 18.2 Å². The minimum absolute atomic E-state index is 0.140. The van der Waals surface area contributed by atoms with Gasteiger partial charge in [0.1, 0.15) is 5.69 Å². The van der Waals surface area contributed by atoms with Gasteiger partial charge in [-0.2, -0.15) is 0 Å². The number of methoxy groups -OCH3 is 1. The number of aromatic nitrogens is 2. The van der Waals surface area contributed by atoms with Gasteiger partial charge in [0, 0.05) is 38.7 Å². The molecule has 0 N–H and O–H groups in total. The van der Waals surface area contributed by atoms with Crippen LogP contribution in [0.2, 0.25) is 0 Å². The Hall–Kier alpha value is -2.27. The average molecular weight is 339 g/mol. The van der Waals surface area contributed by atoms with Crippen molar-refractivity contribution in [1.82, 2.24) is 14.0 Å². The Bertz CT molecular complexity index is 937. The van der Waals surface area contributed by atoms with Gasteiger partial charge in [0.15, 0.2) is 0 Å². The average Bonchev–Trinajstić information content (AvgIpc) is 3.28. The van der Waals surface area contributed by atoms with Gasteiger partial charge in [-0.15, -0.1) is 0 Å². The number of benzene rings is 1. The van der Waals surface area contributed by atoms with E-state index in [2.05, 4.69) is 53.4 Å². The Morgan fingerprint density at radius 3 is 2.80 bits per heavy atom. The highest BCUT2D eigenvalue weighted by Crippen LogP contribution is 2.32. The third kappa shape index (κ3) is 2.45. The maximum absolute atomic E-state index is 13.2. The number of amides is 1. The molecular formula is C20H25N3O2. The molecule has 1 saturated heterocycles. The first-order valence-electron chi connectivity index (χ1n) is 9.00. The lowest BCUT2D eigenvalue weighted by molar-refractivity contribution is 0.0734. The van der Waals surface area contributed by atoms with Crippen molar-refractivity contribution in [3.63, 3.8) is 0 Å². The van der Waals surface area contributed by atoms with E-state index in [1.54, 1.807) is 7.11 Å².